The molecule has 0 atom stereocenters. The van der Waals surface area contributed by atoms with Crippen molar-refractivity contribution in [2.45, 2.75) is 19.3 Å². The fourth-order valence-corrected chi connectivity index (χ4v) is 2.94. The monoisotopic (exact) mass is 436 g/mol. The van der Waals surface area contributed by atoms with E-state index in [0.717, 1.165) is 32.0 Å². The van der Waals surface area contributed by atoms with Crippen LogP contribution in [0.1, 0.15) is 17.7 Å². The van der Waals surface area contributed by atoms with Crippen molar-refractivity contribution in [1.29, 1.82) is 0 Å². The molecule has 124 valence electrons. The number of carbonyl (C=O) groups excluding carboxylic acids is 1. The van der Waals surface area contributed by atoms with Gasteiger partial charge in [0.15, 0.2) is 5.96 Å². The molecule has 1 saturated heterocycles. The molecule has 1 aromatic heterocycles. The molecular weight excluding hydrogens is 411 g/mol. The Bertz CT molecular complexity index is 470. The van der Waals surface area contributed by atoms with E-state index >= 15 is 0 Å². The van der Waals surface area contributed by atoms with E-state index in [2.05, 4.69) is 32.7 Å². The Balaban J connectivity index is 0.00000242. The number of likely N-dealkylation sites (tertiary alicyclic amines) is 1. The van der Waals surface area contributed by atoms with Crippen molar-refractivity contribution in [3.05, 3.63) is 22.4 Å². The molecule has 0 aromatic carbocycles. The van der Waals surface area contributed by atoms with Gasteiger partial charge in [0.05, 0.1) is 0 Å². The van der Waals surface area contributed by atoms with Crippen LogP contribution in [-0.4, -0.2) is 61.9 Å². The highest BCUT2D eigenvalue weighted by molar-refractivity contribution is 14.0. The van der Waals surface area contributed by atoms with Crippen LogP contribution in [0.3, 0.4) is 0 Å². The number of halogens is 1. The number of thiophene rings is 1. The number of likely N-dealkylation sites (N-methyl/N-ethyl adjacent to an activating group) is 1. The van der Waals surface area contributed by atoms with Crippen molar-refractivity contribution in [2.75, 3.05) is 40.3 Å². The summed E-state index contributed by atoms with van der Waals surface area (Å²) < 4.78 is 0. The maximum absolute atomic E-state index is 11.7. The molecule has 1 aliphatic rings. The minimum Gasteiger partial charge on any atom is -0.356 e. The second-order valence-corrected chi connectivity index (χ2v) is 6.41. The predicted octanol–water partition coefficient (Wildman–Crippen LogP) is 2.04. The van der Waals surface area contributed by atoms with Gasteiger partial charge >= 0.3 is 0 Å². The van der Waals surface area contributed by atoms with E-state index in [0.29, 0.717) is 0 Å². The van der Waals surface area contributed by atoms with E-state index in [9.17, 15) is 4.79 Å². The van der Waals surface area contributed by atoms with Crippen molar-refractivity contribution >= 4 is 47.2 Å². The van der Waals surface area contributed by atoms with Crippen molar-refractivity contribution < 1.29 is 4.79 Å². The van der Waals surface area contributed by atoms with Gasteiger partial charge in [0.1, 0.15) is 6.54 Å². The molecule has 1 amide bonds. The summed E-state index contributed by atoms with van der Waals surface area (Å²) >= 11 is 1.77. The fourth-order valence-electron chi connectivity index (χ4n) is 2.23. The van der Waals surface area contributed by atoms with Gasteiger partial charge in [0.2, 0.25) is 5.91 Å². The highest BCUT2D eigenvalue weighted by Gasteiger charge is 2.16. The van der Waals surface area contributed by atoms with Crippen LogP contribution in [0.25, 0.3) is 0 Å². The molecule has 5 nitrogen and oxygen atoms in total. The first-order valence-corrected chi connectivity index (χ1v) is 8.30. The second-order valence-electron chi connectivity index (χ2n) is 5.38. The average molecular weight is 436 g/mol. The summed E-state index contributed by atoms with van der Waals surface area (Å²) in [6.07, 6.45) is 3.40. The Morgan fingerprint density at radius 3 is 2.73 bits per heavy atom. The molecule has 2 rings (SSSR count). The smallest absolute Gasteiger partial charge is 0.243 e. The van der Waals surface area contributed by atoms with Crippen LogP contribution in [0, 0.1) is 0 Å². The normalized spacial score (nSPS) is 14.6. The third-order valence-corrected chi connectivity index (χ3v) is 4.44. The Morgan fingerprint density at radius 1 is 1.41 bits per heavy atom. The summed E-state index contributed by atoms with van der Waals surface area (Å²) in [5.74, 6) is 0.908. The molecule has 0 bridgehead atoms. The lowest BCUT2D eigenvalue weighted by atomic mass is 10.3. The molecule has 1 aromatic rings. The van der Waals surface area contributed by atoms with Crippen LogP contribution in [0.4, 0.5) is 0 Å². The summed E-state index contributed by atoms with van der Waals surface area (Å²) in [7, 11) is 3.52. The van der Waals surface area contributed by atoms with Gasteiger partial charge in [-0.15, -0.1) is 35.3 Å². The Hall–Kier alpha value is -0.830. The van der Waals surface area contributed by atoms with Gasteiger partial charge in [0, 0.05) is 38.6 Å². The lowest BCUT2D eigenvalue weighted by molar-refractivity contribution is -0.127. The topological polar surface area (TPSA) is 47.9 Å². The Kier molecular flexibility index (Phi) is 8.77. The third kappa shape index (κ3) is 6.12. The van der Waals surface area contributed by atoms with Crippen LogP contribution in [0.5, 0.6) is 0 Å². The van der Waals surface area contributed by atoms with E-state index in [-0.39, 0.29) is 36.4 Å². The molecule has 1 N–H and O–H groups in total. The first-order valence-electron chi connectivity index (χ1n) is 7.42. The lowest BCUT2D eigenvalue weighted by Crippen LogP contribution is -2.41. The van der Waals surface area contributed by atoms with Crippen LogP contribution >= 0.6 is 35.3 Å². The van der Waals surface area contributed by atoms with Gasteiger partial charge in [-0.05, 0) is 30.7 Å². The molecule has 0 saturated carbocycles. The van der Waals surface area contributed by atoms with Crippen LogP contribution < -0.4 is 5.32 Å². The van der Waals surface area contributed by atoms with Gasteiger partial charge in [-0.25, -0.2) is 4.99 Å². The molecular formula is C15H25IN4OS. The SMILES string of the molecule is CN(C)C(=O)CN=C(NCCc1cccs1)N1CCCC1.I. The van der Waals surface area contributed by atoms with Gasteiger partial charge in [-0.3, -0.25) is 4.79 Å². The van der Waals surface area contributed by atoms with Crippen molar-refractivity contribution in [3.8, 4) is 0 Å². The molecule has 1 aliphatic heterocycles. The zero-order chi connectivity index (χ0) is 15.1. The number of hydrogen-bond donors (Lipinski definition) is 1. The van der Waals surface area contributed by atoms with Gasteiger partial charge < -0.3 is 15.1 Å². The summed E-state index contributed by atoms with van der Waals surface area (Å²) in [5.41, 5.74) is 0. The maximum Gasteiger partial charge on any atom is 0.243 e. The zero-order valence-corrected chi connectivity index (χ0v) is 16.4. The fraction of sp³-hybridized carbons (Fsp3) is 0.600. The number of nitrogens with one attached hydrogen (secondary N) is 1. The van der Waals surface area contributed by atoms with Gasteiger partial charge in [-0.1, -0.05) is 6.07 Å². The third-order valence-electron chi connectivity index (χ3n) is 3.50. The zero-order valence-electron chi connectivity index (χ0n) is 13.2. The van der Waals surface area contributed by atoms with E-state index in [1.165, 1.54) is 17.7 Å². The number of aliphatic imine (C=N–C) groups is 1. The Labute approximate surface area is 153 Å². The average Bonchev–Trinajstić information content (AvgIpc) is 3.14. The number of carbonyl (C=O) groups is 1. The molecule has 1 fully saturated rings. The minimum atomic E-state index is 0. The summed E-state index contributed by atoms with van der Waals surface area (Å²) in [6.45, 7) is 3.12. The number of hydrogen-bond acceptors (Lipinski definition) is 3. The van der Waals surface area contributed by atoms with Crippen LogP contribution in [0.2, 0.25) is 0 Å². The number of amides is 1. The molecule has 0 unspecified atom stereocenters. The standard InChI is InChI=1S/C15H24N4OS.HI/c1-18(2)14(20)12-17-15(19-9-3-4-10-19)16-8-7-13-6-5-11-21-13;/h5-6,11H,3-4,7-10,12H2,1-2H3,(H,16,17);1H. The first kappa shape index (κ1) is 19.2. The molecule has 7 heteroatoms. The van der Waals surface area contributed by atoms with E-state index in [1.54, 1.807) is 30.3 Å². The molecule has 0 aliphatic carbocycles. The van der Waals surface area contributed by atoms with Crippen LogP contribution in [0.15, 0.2) is 22.5 Å². The number of guanidine groups is 1. The van der Waals surface area contributed by atoms with Gasteiger partial charge in [0.25, 0.3) is 0 Å². The number of rotatable bonds is 5. The lowest BCUT2D eigenvalue weighted by Gasteiger charge is -2.21. The molecule has 0 spiro atoms. The summed E-state index contributed by atoms with van der Waals surface area (Å²) in [4.78, 5) is 21.4. The highest BCUT2D eigenvalue weighted by Crippen LogP contribution is 2.10. The van der Waals surface area contributed by atoms with Crippen molar-refractivity contribution in [1.82, 2.24) is 15.1 Å². The van der Waals surface area contributed by atoms with Gasteiger partial charge in [-0.2, -0.15) is 0 Å². The van der Waals surface area contributed by atoms with E-state index in [1.807, 2.05) is 0 Å². The first-order chi connectivity index (χ1) is 10.2. The number of nitrogens with zero attached hydrogens (tertiary/aromatic N) is 3. The summed E-state index contributed by atoms with van der Waals surface area (Å²) in [5, 5.41) is 5.50. The largest absolute Gasteiger partial charge is 0.356 e. The second kappa shape index (κ2) is 10.0. The minimum absolute atomic E-state index is 0. The van der Waals surface area contributed by atoms with E-state index in [4.69, 9.17) is 0 Å². The molecule has 2 heterocycles. The highest BCUT2D eigenvalue weighted by atomic mass is 127. The van der Waals surface area contributed by atoms with Crippen LogP contribution in [-0.2, 0) is 11.2 Å². The predicted molar refractivity (Wildman–Crippen MR) is 103 cm³/mol. The Morgan fingerprint density at radius 2 is 2.14 bits per heavy atom. The molecule has 0 radical (unpaired) electrons. The quantitative estimate of drug-likeness (QED) is 0.437. The van der Waals surface area contributed by atoms with Crippen molar-refractivity contribution in [2.24, 2.45) is 4.99 Å². The maximum atomic E-state index is 11.7. The summed E-state index contributed by atoms with van der Waals surface area (Å²) in [6, 6.07) is 4.22. The van der Waals surface area contributed by atoms with E-state index < -0.39 is 0 Å². The van der Waals surface area contributed by atoms with Crippen molar-refractivity contribution in [3.63, 3.8) is 0 Å². The molecule has 22 heavy (non-hydrogen) atoms.